The molecule has 0 bridgehead atoms. The van der Waals surface area contributed by atoms with Gasteiger partial charge in [0.05, 0.1) is 11.2 Å². The van der Waals surface area contributed by atoms with Crippen LogP contribution in [-0.2, 0) is 16.0 Å². The van der Waals surface area contributed by atoms with Crippen molar-refractivity contribution in [1.82, 2.24) is 4.90 Å². The fourth-order valence-corrected chi connectivity index (χ4v) is 4.46. The molecule has 1 aromatic carbocycles. The van der Waals surface area contributed by atoms with E-state index < -0.39 is 0 Å². The van der Waals surface area contributed by atoms with Gasteiger partial charge in [-0.15, -0.1) is 11.8 Å². The van der Waals surface area contributed by atoms with Gasteiger partial charge in [0, 0.05) is 18.0 Å². The summed E-state index contributed by atoms with van der Waals surface area (Å²) >= 11 is 1.65. The minimum absolute atomic E-state index is 0.0478. The number of carbonyl (C=O) groups is 2. The first-order chi connectivity index (χ1) is 10.0. The molecule has 0 unspecified atom stereocenters. The second-order valence-electron chi connectivity index (χ2n) is 5.95. The normalized spacial score (nSPS) is 24.7. The number of amides is 2. The molecule has 112 valence electrons. The Labute approximate surface area is 129 Å². The fraction of sp³-hybridized carbons (Fsp3) is 0.500. The van der Waals surface area contributed by atoms with Crippen LogP contribution in [0.15, 0.2) is 23.1 Å². The third-order valence-electron chi connectivity index (χ3n) is 4.31. The average Bonchev–Trinajstić information content (AvgIpc) is 2.89. The summed E-state index contributed by atoms with van der Waals surface area (Å²) in [5.41, 5.74) is 7.87. The number of thioether (sulfide) groups is 1. The SMILES string of the molecule is Cc1ccc2c(c1)S[C@@H](C(=O)N1CCC[C@H](C(N)=O)C1)C2. The first kappa shape index (κ1) is 14.4. The summed E-state index contributed by atoms with van der Waals surface area (Å²) in [4.78, 5) is 27.1. The molecular formula is C16H20N2O2S. The molecule has 2 atom stereocenters. The maximum Gasteiger partial charge on any atom is 0.236 e. The van der Waals surface area contributed by atoms with Gasteiger partial charge >= 0.3 is 0 Å². The van der Waals surface area contributed by atoms with E-state index >= 15 is 0 Å². The molecule has 0 aliphatic carbocycles. The number of nitrogens with zero attached hydrogens (tertiary/aromatic N) is 1. The second kappa shape index (κ2) is 5.72. The molecule has 3 rings (SSSR count). The standard InChI is InChI=1S/C16H20N2O2S/c1-10-4-5-11-8-14(21-13(11)7-10)16(20)18-6-2-3-12(9-18)15(17)19/h4-5,7,12,14H,2-3,6,8-9H2,1H3,(H2,17,19)/t12-,14+/m0/s1. The lowest BCUT2D eigenvalue weighted by atomic mass is 9.97. The van der Waals surface area contributed by atoms with Crippen molar-refractivity contribution >= 4 is 23.6 Å². The molecule has 1 saturated heterocycles. The molecule has 21 heavy (non-hydrogen) atoms. The van der Waals surface area contributed by atoms with Gasteiger partial charge in [-0.3, -0.25) is 9.59 Å². The molecule has 4 nitrogen and oxygen atoms in total. The predicted molar refractivity (Wildman–Crippen MR) is 83.0 cm³/mol. The first-order valence-corrected chi connectivity index (χ1v) is 8.27. The Morgan fingerprint density at radius 3 is 2.95 bits per heavy atom. The van der Waals surface area contributed by atoms with Crippen LogP contribution < -0.4 is 5.73 Å². The Hall–Kier alpha value is -1.49. The number of hydrogen-bond donors (Lipinski definition) is 1. The summed E-state index contributed by atoms with van der Waals surface area (Å²) in [7, 11) is 0. The Bertz CT molecular complexity index is 588. The van der Waals surface area contributed by atoms with Crippen molar-refractivity contribution in [2.45, 2.75) is 36.3 Å². The van der Waals surface area contributed by atoms with E-state index in [0.717, 1.165) is 25.8 Å². The maximum atomic E-state index is 12.7. The molecule has 2 heterocycles. The quantitative estimate of drug-likeness (QED) is 0.905. The van der Waals surface area contributed by atoms with Crippen LogP contribution in [0, 0.1) is 12.8 Å². The van der Waals surface area contributed by atoms with Crippen LogP contribution in [0.3, 0.4) is 0 Å². The van der Waals surface area contributed by atoms with Crippen molar-refractivity contribution in [3.63, 3.8) is 0 Å². The van der Waals surface area contributed by atoms with E-state index in [4.69, 9.17) is 5.73 Å². The van der Waals surface area contributed by atoms with Gasteiger partial charge in [0.2, 0.25) is 11.8 Å². The van der Waals surface area contributed by atoms with Crippen LogP contribution >= 0.6 is 11.8 Å². The number of nitrogens with two attached hydrogens (primary N) is 1. The van der Waals surface area contributed by atoms with Gasteiger partial charge in [0.1, 0.15) is 0 Å². The van der Waals surface area contributed by atoms with Crippen molar-refractivity contribution in [2.24, 2.45) is 11.7 Å². The lowest BCUT2D eigenvalue weighted by Crippen LogP contribution is -2.47. The van der Waals surface area contributed by atoms with Gasteiger partial charge < -0.3 is 10.6 Å². The van der Waals surface area contributed by atoms with E-state index in [-0.39, 0.29) is 23.0 Å². The number of hydrogen-bond acceptors (Lipinski definition) is 3. The lowest BCUT2D eigenvalue weighted by Gasteiger charge is -2.32. The Balaban J connectivity index is 1.68. The third kappa shape index (κ3) is 2.93. The molecule has 0 spiro atoms. The highest BCUT2D eigenvalue weighted by molar-refractivity contribution is 8.01. The molecule has 2 aliphatic rings. The molecule has 5 heteroatoms. The molecule has 2 N–H and O–H groups in total. The summed E-state index contributed by atoms with van der Waals surface area (Å²) in [5, 5.41) is -0.0478. The molecule has 1 fully saturated rings. The van der Waals surface area contributed by atoms with Gasteiger partial charge in [-0.25, -0.2) is 0 Å². The van der Waals surface area contributed by atoms with Gasteiger partial charge in [-0.1, -0.05) is 17.7 Å². The highest BCUT2D eigenvalue weighted by Crippen LogP contribution is 2.38. The summed E-state index contributed by atoms with van der Waals surface area (Å²) in [6.07, 6.45) is 2.45. The predicted octanol–water partition coefficient (Wildman–Crippen LogP) is 1.74. The number of benzene rings is 1. The van der Waals surface area contributed by atoms with Gasteiger partial charge in [0.15, 0.2) is 0 Å². The fourth-order valence-electron chi connectivity index (χ4n) is 3.09. The zero-order valence-corrected chi connectivity index (χ0v) is 13.0. The highest BCUT2D eigenvalue weighted by atomic mass is 32.2. The van der Waals surface area contributed by atoms with E-state index in [9.17, 15) is 9.59 Å². The van der Waals surface area contributed by atoms with Crippen molar-refractivity contribution < 1.29 is 9.59 Å². The van der Waals surface area contributed by atoms with Crippen LogP contribution in [-0.4, -0.2) is 35.1 Å². The number of primary amides is 1. The smallest absolute Gasteiger partial charge is 0.236 e. The number of likely N-dealkylation sites (tertiary alicyclic amines) is 1. The first-order valence-electron chi connectivity index (χ1n) is 7.39. The summed E-state index contributed by atoms with van der Waals surface area (Å²) < 4.78 is 0. The highest BCUT2D eigenvalue weighted by Gasteiger charge is 2.34. The number of piperidine rings is 1. The maximum absolute atomic E-state index is 12.7. The minimum atomic E-state index is -0.287. The number of fused-ring (bicyclic) bond motifs is 1. The second-order valence-corrected chi connectivity index (χ2v) is 7.19. The zero-order chi connectivity index (χ0) is 15.0. The van der Waals surface area contributed by atoms with Crippen LogP contribution in [0.2, 0.25) is 0 Å². The van der Waals surface area contributed by atoms with Crippen LogP contribution in [0.4, 0.5) is 0 Å². The van der Waals surface area contributed by atoms with Gasteiger partial charge in [-0.2, -0.15) is 0 Å². The van der Waals surface area contributed by atoms with Gasteiger partial charge in [0.25, 0.3) is 0 Å². The van der Waals surface area contributed by atoms with E-state index in [1.807, 2.05) is 4.90 Å². The van der Waals surface area contributed by atoms with Crippen LogP contribution in [0.5, 0.6) is 0 Å². The van der Waals surface area contributed by atoms with E-state index in [2.05, 4.69) is 25.1 Å². The Kier molecular flexibility index (Phi) is 3.93. The van der Waals surface area contributed by atoms with E-state index in [1.54, 1.807) is 11.8 Å². The molecular weight excluding hydrogens is 284 g/mol. The van der Waals surface area contributed by atoms with Crippen molar-refractivity contribution in [3.8, 4) is 0 Å². The summed E-state index contributed by atoms with van der Waals surface area (Å²) in [6, 6.07) is 6.36. The molecule has 1 aromatic rings. The van der Waals surface area contributed by atoms with Crippen molar-refractivity contribution in [3.05, 3.63) is 29.3 Å². The van der Waals surface area contributed by atoms with Gasteiger partial charge in [-0.05, 0) is 37.8 Å². The molecule has 0 saturated carbocycles. The molecule has 2 aliphatic heterocycles. The Morgan fingerprint density at radius 2 is 2.19 bits per heavy atom. The average molecular weight is 304 g/mol. The minimum Gasteiger partial charge on any atom is -0.369 e. The number of rotatable bonds is 2. The van der Waals surface area contributed by atoms with Crippen LogP contribution in [0.25, 0.3) is 0 Å². The van der Waals surface area contributed by atoms with Crippen molar-refractivity contribution in [1.29, 1.82) is 0 Å². The molecule has 2 amide bonds. The summed E-state index contributed by atoms with van der Waals surface area (Å²) in [5.74, 6) is -0.316. The number of aryl methyl sites for hydroxylation is 1. The Morgan fingerprint density at radius 1 is 1.38 bits per heavy atom. The molecule has 0 radical (unpaired) electrons. The molecule has 0 aromatic heterocycles. The van der Waals surface area contributed by atoms with Crippen LogP contribution in [0.1, 0.15) is 24.0 Å². The lowest BCUT2D eigenvalue weighted by molar-refractivity contribution is -0.134. The summed E-state index contributed by atoms with van der Waals surface area (Å²) in [6.45, 7) is 3.30. The van der Waals surface area contributed by atoms with Crippen molar-refractivity contribution in [2.75, 3.05) is 13.1 Å². The zero-order valence-electron chi connectivity index (χ0n) is 12.2. The monoisotopic (exact) mass is 304 g/mol. The number of carbonyl (C=O) groups excluding carboxylic acids is 2. The topological polar surface area (TPSA) is 63.4 Å². The largest absolute Gasteiger partial charge is 0.369 e. The van der Waals surface area contributed by atoms with E-state index in [0.29, 0.717) is 6.54 Å². The van der Waals surface area contributed by atoms with E-state index in [1.165, 1.54) is 16.0 Å². The third-order valence-corrected chi connectivity index (χ3v) is 5.59.